The molecule has 2 unspecified atom stereocenters. The molecule has 0 amide bonds. The lowest BCUT2D eigenvalue weighted by molar-refractivity contribution is -0.870. The monoisotopic (exact) mass is 1410 g/mol. The number of hydrogen-bond donors (Lipinski definition) is 0. The maximum absolute atomic E-state index is 12.9. The third kappa shape index (κ3) is 83.1. The Labute approximate surface area is 619 Å². The molecule has 0 aromatic rings. The Balaban J connectivity index is 3.99. The van der Waals surface area contributed by atoms with Crippen molar-refractivity contribution in [3.8, 4) is 0 Å². The fourth-order valence-electron chi connectivity index (χ4n) is 11.8. The summed E-state index contributed by atoms with van der Waals surface area (Å²) in [4.78, 5) is 38.2. The molecule has 10 heteroatoms. The van der Waals surface area contributed by atoms with Gasteiger partial charge in [0.05, 0.1) is 27.7 Å². The first kappa shape index (κ1) is 96.2. The molecule has 0 aromatic carbocycles. The molecule has 0 N–H and O–H groups in total. The van der Waals surface area contributed by atoms with Crippen molar-refractivity contribution in [3.05, 3.63) is 134 Å². The molecule has 0 aliphatic carbocycles. The number of quaternary nitrogens is 1. The summed E-state index contributed by atoms with van der Waals surface area (Å²) in [6.45, 7) is 4.13. The van der Waals surface area contributed by atoms with E-state index >= 15 is 0 Å². The molecule has 0 saturated heterocycles. The van der Waals surface area contributed by atoms with Gasteiger partial charge in [-0.25, -0.2) is 0 Å². The molecule has 0 aliphatic heterocycles. The minimum absolute atomic E-state index is 0.0413. The minimum atomic E-state index is -4.66. The molecular formula is C90H158NO8P. The van der Waals surface area contributed by atoms with Crippen molar-refractivity contribution in [2.75, 3.05) is 47.5 Å². The predicted molar refractivity (Wildman–Crippen MR) is 434 cm³/mol. The normalized spacial score (nSPS) is 13.7. The molecule has 0 spiro atoms. The summed E-state index contributed by atoms with van der Waals surface area (Å²) in [6, 6.07) is 0. The van der Waals surface area contributed by atoms with Crippen molar-refractivity contribution in [2.45, 2.75) is 380 Å². The van der Waals surface area contributed by atoms with Crippen LogP contribution >= 0.6 is 7.82 Å². The number of likely N-dealkylation sites (N-methyl/N-ethyl adjacent to an activating group) is 1. The molecule has 9 nitrogen and oxygen atoms in total. The van der Waals surface area contributed by atoms with Crippen LogP contribution in [0.25, 0.3) is 0 Å². The smallest absolute Gasteiger partial charge is 0.306 e. The second-order valence-corrected chi connectivity index (χ2v) is 30.5. The number of carbonyl (C=O) groups excluding carboxylic acids is 2. The van der Waals surface area contributed by atoms with Gasteiger partial charge < -0.3 is 27.9 Å². The van der Waals surface area contributed by atoms with Crippen molar-refractivity contribution in [1.82, 2.24) is 0 Å². The number of phosphoric ester groups is 1. The Morgan fingerprint density at radius 1 is 0.320 bits per heavy atom. The van der Waals surface area contributed by atoms with Gasteiger partial charge in [0.25, 0.3) is 7.82 Å². The van der Waals surface area contributed by atoms with Gasteiger partial charge in [-0.05, 0) is 116 Å². The Kier molecular flexibility index (Phi) is 76.2. The zero-order chi connectivity index (χ0) is 72.5. The Morgan fingerprint density at radius 3 is 0.860 bits per heavy atom. The van der Waals surface area contributed by atoms with Gasteiger partial charge in [0.2, 0.25) is 0 Å². The van der Waals surface area contributed by atoms with E-state index in [1.54, 1.807) is 0 Å². The third-order valence-corrected chi connectivity index (χ3v) is 19.1. The van der Waals surface area contributed by atoms with E-state index in [-0.39, 0.29) is 32.0 Å². The number of rotatable bonds is 77. The molecule has 0 aromatic heterocycles. The highest BCUT2D eigenvalue weighted by Crippen LogP contribution is 2.38. The third-order valence-electron chi connectivity index (χ3n) is 18.2. The number of hydrogen-bond acceptors (Lipinski definition) is 8. The molecule has 0 heterocycles. The molecule has 0 radical (unpaired) electrons. The number of nitrogens with zero attached hydrogens (tertiary/aromatic N) is 1. The van der Waals surface area contributed by atoms with Crippen LogP contribution in [0.2, 0.25) is 0 Å². The van der Waals surface area contributed by atoms with Crippen molar-refractivity contribution >= 4 is 19.8 Å². The topological polar surface area (TPSA) is 111 Å². The van der Waals surface area contributed by atoms with Crippen molar-refractivity contribution in [2.24, 2.45) is 0 Å². The van der Waals surface area contributed by atoms with Gasteiger partial charge in [-0.1, -0.05) is 379 Å². The van der Waals surface area contributed by atoms with E-state index in [1.807, 2.05) is 21.1 Å². The van der Waals surface area contributed by atoms with Crippen LogP contribution in [0.15, 0.2) is 134 Å². The zero-order valence-electron chi connectivity index (χ0n) is 65.9. The van der Waals surface area contributed by atoms with Gasteiger partial charge in [-0.3, -0.25) is 14.2 Å². The lowest BCUT2D eigenvalue weighted by atomic mass is 10.0. The Bertz CT molecular complexity index is 2160. The summed E-state index contributed by atoms with van der Waals surface area (Å²) in [5, 5.41) is 0. The molecule has 2 atom stereocenters. The number of esters is 2. The van der Waals surface area contributed by atoms with Crippen LogP contribution in [0.4, 0.5) is 0 Å². The molecule has 0 rings (SSSR count). The van der Waals surface area contributed by atoms with Crippen molar-refractivity contribution in [3.63, 3.8) is 0 Å². The van der Waals surface area contributed by atoms with Crippen LogP contribution in [0, 0.1) is 0 Å². The van der Waals surface area contributed by atoms with Crippen LogP contribution in [0.1, 0.15) is 373 Å². The van der Waals surface area contributed by atoms with Crippen LogP contribution in [-0.4, -0.2) is 70.0 Å². The number of ether oxygens (including phenoxy) is 2. The number of allylic oxidation sites excluding steroid dienone is 22. The fraction of sp³-hybridized carbons (Fsp3) is 0.733. The second-order valence-electron chi connectivity index (χ2n) is 29.1. The van der Waals surface area contributed by atoms with Crippen LogP contribution in [-0.2, 0) is 32.7 Å². The second kappa shape index (κ2) is 79.3. The maximum Gasteiger partial charge on any atom is 0.306 e. The SMILES string of the molecule is CC/C=C\C/C=C\C/C=C\C/C=C\C/C=C\C/C=C\C/C=C\C/C=C\C/C=C\C/C=C\CCCCCCC(=O)OC(COC(=O)CCCCCCCCCCCCCCCCCCCCCCCCCCCCCCC/C=C\CCCCCCCCCC)COP(=O)([O-])OCC[N+](C)(C)C. The summed E-state index contributed by atoms with van der Waals surface area (Å²) in [5.41, 5.74) is 0. The predicted octanol–water partition coefficient (Wildman–Crippen LogP) is 27.7. The average Bonchev–Trinajstić information content (AvgIpc) is 1.65. The summed E-state index contributed by atoms with van der Waals surface area (Å²) >= 11 is 0. The Morgan fingerprint density at radius 2 is 0.570 bits per heavy atom. The first-order valence-electron chi connectivity index (χ1n) is 41.9. The molecule has 0 fully saturated rings. The summed E-state index contributed by atoms with van der Waals surface area (Å²) in [5.74, 6) is -0.857. The molecule has 0 aliphatic rings. The van der Waals surface area contributed by atoms with E-state index in [0.717, 1.165) is 109 Å². The van der Waals surface area contributed by atoms with Gasteiger partial charge >= 0.3 is 11.9 Å². The van der Waals surface area contributed by atoms with E-state index in [1.165, 1.54) is 231 Å². The molecule has 0 bridgehead atoms. The highest BCUT2D eigenvalue weighted by atomic mass is 31.2. The number of unbranched alkanes of at least 4 members (excludes halogenated alkanes) is 41. The largest absolute Gasteiger partial charge is 0.756 e. The average molecular weight is 1410 g/mol. The molecule has 576 valence electrons. The summed E-state index contributed by atoms with van der Waals surface area (Å²) in [6.07, 6.45) is 116. The van der Waals surface area contributed by atoms with Gasteiger partial charge in [0.15, 0.2) is 6.10 Å². The van der Waals surface area contributed by atoms with Crippen LogP contribution < -0.4 is 4.89 Å². The van der Waals surface area contributed by atoms with E-state index < -0.39 is 26.5 Å². The van der Waals surface area contributed by atoms with Crippen LogP contribution in [0.3, 0.4) is 0 Å². The number of phosphoric acid groups is 1. The molecule has 100 heavy (non-hydrogen) atoms. The minimum Gasteiger partial charge on any atom is -0.756 e. The quantitative estimate of drug-likeness (QED) is 0.0195. The highest BCUT2D eigenvalue weighted by molar-refractivity contribution is 7.45. The first-order chi connectivity index (χ1) is 49.0. The van der Waals surface area contributed by atoms with Gasteiger partial charge in [0.1, 0.15) is 19.8 Å². The molecular weight excluding hydrogens is 1250 g/mol. The van der Waals surface area contributed by atoms with Crippen molar-refractivity contribution in [1.29, 1.82) is 0 Å². The number of carbonyl (C=O) groups is 2. The van der Waals surface area contributed by atoms with E-state index in [2.05, 4.69) is 148 Å². The lowest BCUT2D eigenvalue weighted by Crippen LogP contribution is -2.37. The van der Waals surface area contributed by atoms with E-state index in [0.29, 0.717) is 17.4 Å². The van der Waals surface area contributed by atoms with E-state index in [4.69, 9.17) is 18.5 Å². The molecule has 0 saturated carbocycles. The Hall–Kier alpha value is -3.85. The highest BCUT2D eigenvalue weighted by Gasteiger charge is 2.22. The van der Waals surface area contributed by atoms with Gasteiger partial charge in [0, 0.05) is 12.8 Å². The summed E-state index contributed by atoms with van der Waals surface area (Å²) < 4.78 is 34.4. The van der Waals surface area contributed by atoms with Gasteiger partial charge in [-0.2, -0.15) is 0 Å². The van der Waals surface area contributed by atoms with Crippen LogP contribution in [0.5, 0.6) is 0 Å². The maximum atomic E-state index is 12.9. The first-order valence-corrected chi connectivity index (χ1v) is 43.4. The van der Waals surface area contributed by atoms with Gasteiger partial charge in [-0.15, -0.1) is 0 Å². The zero-order valence-corrected chi connectivity index (χ0v) is 66.8. The standard InChI is InChI=1S/C90H158NO8P/c1-6-8-10-12-14-16-18-20-22-24-26-28-30-32-34-36-38-40-42-43-44-45-46-47-49-50-52-54-56-58-60-62-64-66-68-70-72-74-76-78-80-82-89(92)96-86-88(87-98-100(94,95)97-85-84-91(3,4)5)99-90(93)83-81-79-77-75-73-71-69-67-65-63-61-59-57-55-53-51-48-41-39-37-35-33-31-29-27-25-23-21-19-17-15-13-11-9-7-2/h9,11,15,17,21,23-24,26-27,29,33,35,39,41,51,53,57,59,63,65,69,71,88H,6-8,10,12-14,16,18-20,22,25,28,30-32,34,36-38,40,42-50,52,54-56,58,60-62,64,66-68,70,72-87H2,1-5H3/b11-9-,17-15-,23-21-,26-24-,29-27-,35-33-,41-39-,53-51-,59-57-,65-63-,71-69-. The van der Waals surface area contributed by atoms with E-state index in [9.17, 15) is 19.0 Å². The fourth-order valence-corrected chi connectivity index (χ4v) is 12.5. The lowest BCUT2D eigenvalue weighted by Gasteiger charge is -2.28. The van der Waals surface area contributed by atoms with Crippen molar-refractivity contribution < 1.29 is 42.1 Å². The summed E-state index contributed by atoms with van der Waals surface area (Å²) in [7, 11) is 1.14.